The van der Waals surface area contributed by atoms with Crippen LogP contribution in [0.15, 0.2) is 67.1 Å². The van der Waals surface area contributed by atoms with E-state index >= 15 is 0 Å². The van der Waals surface area contributed by atoms with Gasteiger partial charge in [0, 0.05) is 48.1 Å². The molecular formula is C21H17FN4O. The van der Waals surface area contributed by atoms with Crippen LogP contribution >= 0.6 is 0 Å². The van der Waals surface area contributed by atoms with Gasteiger partial charge >= 0.3 is 0 Å². The summed E-state index contributed by atoms with van der Waals surface area (Å²) in [6.45, 7) is 0.329. The van der Waals surface area contributed by atoms with Gasteiger partial charge in [0.2, 0.25) is 0 Å². The maximum absolute atomic E-state index is 13.6. The minimum atomic E-state index is -0.259. The van der Waals surface area contributed by atoms with Gasteiger partial charge in [0.15, 0.2) is 5.78 Å². The van der Waals surface area contributed by atoms with Crippen LogP contribution in [0.2, 0.25) is 0 Å². The van der Waals surface area contributed by atoms with Gasteiger partial charge in [0.05, 0.1) is 0 Å². The van der Waals surface area contributed by atoms with Crippen molar-refractivity contribution < 1.29 is 9.18 Å². The lowest BCUT2D eigenvalue weighted by atomic mass is 10.0. The van der Waals surface area contributed by atoms with Gasteiger partial charge in [-0.05, 0) is 35.9 Å². The molecule has 0 bridgehead atoms. The molecule has 1 aromatic carbocycles. The van der Waals surface area contributed by atoms with Crippen molar-refractivity contribution in [1.29, 1.82) is 0 Å². The number of rotatable bonds is 6. The van der Waals surface area contributed by atoms with E-state index in [0.717, 1.165) is 16.6 Å². The van der Waals surface area contributed by atoms with Gasteiger partial charge in [0.1, 0.15) is 17.3 Å². The smallest absolute Gasteiger partial charge is 0.168 e. The summed E-state index contributed by atoms with van der Waals surface area (Å²) in [4.78, 5) is 24.1. The van der Waals surface area contributed by atoms with E-state index in [2.05, 4.69) is 20.3 Å². The summed E-state index contributed by atoms with van der Waals surface area (Å²) in [6, 6.07) is 13.8. The van der Waals surface area contributed by atoms with Gasteiger partial charge in [0.25, 0.3) is 0 Å². The van der Waals surface area contributed by atoms with Crippen molar-refractivity contribution in [2.45, 2.75) is 13.0 Å². The summed E-state index contributed by atoms with van der Waals surface area (Å²) in [7, 11) is 0. The van der Waals surface area contributed by atoms with E-state index in [-0.39, 0.29) is 18.0 Å². The Bertz CT molecular complexity index is 1090. The Kier molecular flexibility index (Phi) is 4.61. The average molecular weight is 360 g/mol. The minimum Gasteiger partial charge on any atom is -0.366 e. The molecule has 0 fully saturated rings. The van der Waals surface area contributed by atoms with E-state index in [1.807, 2.05) is 18.3 Å². The Morgan fingerprint density at radius 1 is 1.04 bits per heavy atom. The molecule has 6 heteroatoms. The molecule has 0 aliphatic rings. The lowest BCUT2D eigenvalue weighted by molar-refractivity contribution is 0.0993. The Morgan fingerprint density at radius 2 is 1.93 bits per heavy atom. The Balaban J connectivity index is 1.42. The average Bonchev–Trinajstić information content (AvgIpc) is 3.11. The zero-order valence-electron chi connectivity index (χ0n) is 14.4. The molecule has 2 N–H and O–H groups in total. The molecule has 0 amide bonds. The quantitative estimate of drug-likeness (QED) is 0.507. The number of H-pyrrole nitrogens is 1. The Hall–Kier alpha value is -3.54. The molecule has 0 radical (unpaired) electrons. The molecule has 0 aliphatic heterocycles. The number of nitrogens with one attached hydrogen (secondary N) is 2. The number of fused-ring (bicyclic) bond motifs is 1. The summed E-state index contributed by atoms with van der Waals surface area (Å²) < 4.78 is 13.6. The van der Waals surface area contributed by atoms with Crippen molar-refractivity contribution in [2.24, 2.45) is 0 Å². The fourth-order valence-corrected chi connectivity index (χ4v) is 2.92. The van der Waals surface area contributed by atoms with Crippen LogP contribution in [0.25, 0.3) is 11.0 Å². The maximum Gasteiger partial charge on any atom is 0.168 e. The van der Waals surface area contributed by atoms with E-state index < -0.39 is 0 Å². The van der Waals surface area contributed by atoms with E-state index in [4.69, 9.17) is 0 Å². The van der Waals surface area contributed by atoms with Crippen LogP contribution < -0.4 is 5.32 Å². The fraction of sp³-hybridized carbons (Fsp3) is 0.0952. The molecule has 0 atom stereocenters. The van der Waals surface area contributed by atoms with Gasteiger partial charge < -0.3 is 10.3 Å². The highest BCUT2D eigenvalue weighted by atomic mass is 19.1. The van der Waals surface area contributed by atoms with E-state index in [1.165, 1.54) is 6.07 Å². The number of halogens is 1. The molecular weight excluding hydrogens is 343 g/mol. The van der Waals surface area contributed by atoms with Gasteiger partial charge in [-0.15, -0.1) is 0 Å². The number of nitrogens with zero attached hydrogens (tertiary/aromatic N) is 2. The molecule has 134 valence electrons. The largest absolute Gasteiger partial charge is 0.366 e. The number of pyridine rings is 2. The molecule has 3 aromatic heterocycles. The zero-order chi connectivity index (χ0) is 18.6. The normalized spacial score (nSPS) is 10.9. The van der Waals surface area contributed by atoms with Gasteiger partial charge in [-0.25, -0.2) is 14.4 Å². The van der Waals surface area contributed by atoms with Crippen molar-refractivity contribution in [3.05, 3.63) is 89.6 Å². The van der Waals surface area contributed by atoms with Crippen molar-refractivity contribution in [2.75, 3.05) is 5.32 Å². The Morgan fingerprint density at radius 3 is 2.74 bits per heavy atom. The molecule has 0 unspecified atom stereocenters. The monoisotopic (exact) mass is 360 g/mol. The van der Waals surface area contributed by atoms with Crippen molar-refractivity contribution in [1.82, 2.24) is 15.0 Å². The van der Waals surface area contributed by atoms with Crippen LogP contribution in [0.3, 0.4) is 0 Å². The third-order valence-corrected chi connectivity index (χ3v) is 4.39. The summed E-state index contributed by atoms with van der Waals surface area (Å²) >= 11 is 0. The molecule has 5 nitrogen and oxygen atoms in total. The number of aromatic nitrogens is 3. The number of aromatic amines is 1. The molecule has 27 heavy (non-hydrogen) atoms. The van der Waals surface area contributed by atoms with Crippen LogP contribution in [-0.4, -0.2) is 20.7 Å². The van der Waals surface area contributed by atoms with Crippen molar-refractivity contribution in [3.63, 3.8) is 0 Å². The maximum atomic E-state index is 13.6. The second-order valence-electron chi connectivity index (χ2n) is 6.19. The first-order chi connectivity index (χ1) is 13.2. The van der Waals surface area contributed by atoms with Crippen molar-refractivity contribution >= 4 is 22.6 Å². The highest BCUT2D eigenvalue weighted by molar-refractivity contribution is 5.99. The van der Waals surface area contributed by atoms with Crippen LogP contribution in [0.1, 0.15) is 21.5 Å². The molecule has 0 spiro atoms. The first-order valence-corrected chi connectivity index (χ1v) is 8.58. The highest BCUT2D eigenvalue weighted by Gasteiger charge is 2.12. The van der Waals surface area contributed by atoms with Gasteiger partial charge in [-0.3, -0.25) is 4.79 Å². The molecule has 0 aliphatic carbocycles. The summed E-state index contributed by atoms with van der Waals surface area (Å²) in [6.07, 6.45) is 5.34. The number of hydrogen-bond acceptors (Lipinski definition) is 4. The van der Waals surface area contributed by atoms with Crippen LogP contribution in [-0.2, 0) is 13.0 Å². The second-order valence-corrected chi connectivity index (χ2v) is 6.19. The minimum absolute atomic E-state index is 0.0205. The lowest BCUT2D eigenvalue weighted by Gasteiger charge is -2.07. The van der Waals surface area contributed by atoms with Crippen LogP contribution in [0, 0.1) is 5.82 Å². The lowest BCUT2D eigenvalue weighted by Crippen LogP contribution is -2.06. The van der Waals surface area contributed by atoms with Crippen LogP contribution in [0.4, 0.5) is 10.2 Å². The Labute approximate surface area is 155 Å². The predicted molar refractivity (Wildman–Crippen MR) is 102 cm³/mol. The molecule has 4 aromatic rings. The number of anilines is 1. The third-order valence-electron chi connectivity index (χ3n) is 4.39. The number of carbonyl (C=O) groups is 1. The van der Waals surface area contributed by atoms with Gasteiger partial charge in [-0.1, -0.05) is 18.2 Å². The van der Waals surface area contributed by atoms with Gasteiger partial charge in [-0.2, -0.15) is 0 Å². The standard InChI is InChI=1S/C21H17FN4O/c22-18-6-2-1-4-14(18)11-24-20-8-7-15(12-25-20)19(27)10-16-13-26-21-17(16)5-3-9-23-21/h1-9,12-13H,10-11H2,(H,23,26)(H,24,25). The van der Waals surface area contributed by atoms with Crippen LogP contribution in [0.5, 0.6) is 0 Å². The number of benzene rings is 1. The number of ketones is 1. The summed E-state index contributed by atoms with van der Waals surface area (Å²) in [5.41, 5.74) is 2.77. The SMILES string of the molecule is O=C(Cc1c[nH]c2ncccc12)c1ccc(NCc2ccccc2F)nc1. The molecule has 4 rings (SSSR count). The molecule has 0 saturated carbocycles. The topological polar surface area (TPSA) is 70.7 Å². The number of carbonyl (C=O) groups excluding carboxylic acids is 1. The summed E-state index contributed by atoms with van der Waals surface area (Å²) in [5.74, 6) is 0.309. The first kappa shape index (κ1) is 16.9. The zero-order valence-corrected chi connectivity index (χ0v) is 14.4. The molecule has 3 heterocycles. The van der Waals surface area contributed by atoms with E-state index in [1.54, 1.807) is 42.7 Å². The van der Waals surface area contributed by atoms with E-state index in [9.17, 15) is 9.18 Å². The van der Waals surface area contributed by atoms with E-state index in [0.29, 0.717) is 23.5 Å². The predicted octanol–water partition coefficient (Wildman–Crippen LogP) is 4.13. The number of Topliss-reactive ketones (excluding diaryl/α,β-unsaturated/α-hetero) is 1. The fourth-order valence-electron chi connectivity index (χ4n) is 2.92. The summed E-state index contributed by atoms with van der Waals surface area (Å²) in [5, 5.41) is 4.01. The first-order valence-electron chi connectivity index (χ1n) is 8.58. The van der Waals surface area contributed by atoms with Crippen molar-refractivity contribution in [3.8, 4) is 0 Å². The number of hydrogen-bond donors (Lipinski definition) is 2. The third kappa shape index (κ3) is 3.69. The highest BCUT2D eigenvalue weighted by Crippen LogP contribution is 2.18. The molecule has 0 saturated heterocycles. The second kappa shape index (κ2) is 7.37.